The summed E-state index contributed by atoms with van der Waals surface area (Å²) in [6.07, 6.45) is 11.6. The van der Waals surface area contributed by atoms with E-state index in [1.165, 1.54) is 11.8 Å². The molecule has 3 aromatic carbocycles. The Kier molecular flexibility index (Phi) is 20.2. The minimum absolute atomic E-state index is 0.0579. The van der Waals surface area contributed by atoms with Crippen molar-refractivity contribution in [3.05, 3.63) is 108 Å². The summed E-state index contributed by atoms with van der Waals surface area (Å²) in [6, 6.07) is 24.1. The molecule has 0 spiro atoms. The predicted octanol–water partition coefficient (Wildman–Crippen LogP) is 7.24. The zero-order chi connectivity index (χ0) is 44.8. The zero-order valence-electron chi connectivity index (χ0n) is 36.6. The van der Waals surface area contributed by atoms with Gasteiger partial charge in [-0.2, -0.15) is 11.8 Å². The molecule has 0 bridgehead atoms. The Morgan fingerprint density at radius 1 is 0.698 bits per heavy atom. The van der Waals surface area contributed by atoms with Gasteiger partial charge in [0.1, 0.15) is 11.9 Å². The van der Waals surface area contributed by atoms with Gasteiger partial charge >= 0.3 is 0 Å². The van der Waals surface area contributed by atoms with Crippen molar-refractivity contribution in [2.45, 2.75) is 95.6 Å². The van der Waals surface area contributed by atoms with Gasteiger partial charge in [0, 0.05) is 83.9 Å². The van der Waals surface area contributed by atoms with Gasteiger partial charge < -0.3 is 30.7 Å². The number of aromatic amines is 2. The van der Waals surface area contributed by atoms with Gasteiger partial charge in [-0.05, 0) is 80.8 Å². The maximum Gasteiger partial charge on any atom is 0.293 e. The summed E-state index contributed by atoms with van der Waals surface area (Å²) in [4.78, 5) is 87.0. The van der Waals surface area contributed by atoms with Crippen LogP contribution in [0.1, 0.15) is 80.9 Å². The molecule has 12 nitrogen and oxygen atoms in total. The van der Waals surface area contributed by atoms with Crippen molar-refractivity contribution in [1.82, 2.24) is 25.9 Å². The first-order chi connectivity index (χ1) is 30.7. The number of para-hydroxylation sites is 2. The van der Waals surface area contributed by atoms with Crippen LogP contribution in [0.15, 0.2) is 91.3 Å². The first kappa shape index (κ1) is 48.5. The molecule has 336 valence electrons. The molecule has 0 aliphatic carbocycles. The summed E-state index contributed by atoms with van der Waals surface area (Å²) in [5.41, 5.74) is 4.40. The summed E-state index contributed by atoms with van der Waals surface area (Å²) >= 11 is 1.44. The van der Waals surface area contributed by atoms with Gasteiger partial charge in [-0.3, -0.25) is 28.8 Å². The minimum atomic E-state index is -0.999. The highest BCUT2D eigenvalue weighted by atomic mass is 32.2. The number of Topliss-reactive ketones (excluding diaryl/α,β-unsaturated/α-hetero) is 3. The van der Waals surface area contributed by atoms with Crippen molar-refractivity contribution in [3.63, 3.8) is 0 Å². The van der Waals surface area contributed by atoms with Crippen LogP contribution >= 0.6 is 11.8 Å². The number of hydrogen-bond acceptors (Lipinski definition) is 9. The monoisotopic (exact) mass is 877 g/mol. The third-order valence-corrected chi connectivity index (χ3v) is 12.3. The molecule has 0 aliphatic rings. The van der Waals surface area contributed by atoms with Gasteiger partial charge in [0.15, 0.2) is 11.6 Å². The molecule has 63 heavy (non-hydrogen) atoms. The topological polar surface area (TPSA) is 179 Å². The summed E-state index contributed by atoms with van der Waals surface area (Å²) in [5.74, 6) is -2.35. The summed E-state index contributed by atoms with van der Waals surface area (Å²) < 4.78 is 5.07. The standard InChI is InChI=1S/C50H63N5O7S/c1-51-24-14-5-3-4-9-17-40(57)23-22-36(25-35-15-7-6-8-16-35)50(61)55-47(27-39-31-53-46-21-13-11-19-44(39)46)48(59)28-37(26-38-30-52-45-20-12-10-18-43(38)45)49(60)54-32-41(58)29-42(33-63-2)62-34-56/h6-8,10-13,15-16,18-21,30-31,34,36-37,42,47,51-53H,3-5,9,14,17,22-29,32-33H2,1-2H3,(H,54,60)(H,55,61). The number of carbonyl (C=O) groups excluding carboxylic acids is 6. The number of nitrogens with one attached hydrogen (secondary N) is 5. The fraction of sp³-hybridized carbons (Fsp3) is 0.440. The van der Waals surface area contributed by atoms with Gasteiger partial charge in [-0.1, -0.05) is 86.0 Å². The molecule has 0 fully saturated rings. The lowest BCUT2D eigenvalue weighted by atomic mass is 9.88. The molecule has 4 unspecified atom stereocenters. The van der Waals surface area contributed by atoms with E-state index in [1.807, 2.05) is 105 Å². The maximum atomic E-state index is 14.8. The molecular formula is C50H63N5O7S. The first-order valence-electron chi connectivity index (χ1n) is 22.2. The number of amides is 2. The quantitative estimate of drug-likeness (QED) is 0.0227. The van der Waals surface area contributed by atoms with E-state index in [9.17, 15) is 28.8 Å². The lowest BCUT2D eigenvalue weighted by Crippen LogP contribution is -2.47. The number of thioether (sulfide) groups is 1. The number of ether oxygens (including phenoxy) is 1. The highest BCUT2D eigenvalue weighted by Crippen LogP contribution is 2.26. The molecule has 2 heterocycles. The number of H-pyrrole nitrogens is 2. The van der Waals surface area contributed by atoms with E-state index in [0.717, 1.165) is 77.1 Å². The van der Waals surface area contributed by atoms with E-state index in [0.29, 0.717) is 31.5 Å². The van der Waals surface area contributed by atoms with Gasteiger partial charge in [0.05, 0.1) is 12.6 Å². The van der Waals surface area contributed by atoms with Crippen LogP contribution in [0.5, 0.6) is 0 Å². The number of fused-ring (bicyclic) bond motifs is 2. The van der Waals surface area contributed by atoms with Crippen molar-refractivity contribution in [2.24, 2.45) is 11.8 Å². The molecule has 13 heteroatoms. The predicted molar refractivity (Wildman–Crippen MR) is 251 cm³/mol. The molecule has 2 aromatic heterocycles. The summed E-state index contributed by atoms with van der Waals surface area (Å²) in [5, 5.41) is 10.9. The van der Waals surface area contributed by atoms with E-state index in [4.69, 9.17) is 4.74 Å². The molecular weight excluding hydrogens is 815 g/mol. The summed E-state index contributed by atoms with van der Waals surface area (Å²) in [7, 11) is 1.95. The van der Waals surface area contributed by atoms with Gasteiger partial charge in [0.25, 0.3) is 6.47 Å². The van der Waals surface area contributed by atoms with E-state index in [1.54, 1.807) is 0 Å². The molecule has 2 amide bonds. The van der Waals surface area contributed by atoms with E-state index in [-0.39, 0.29) is 61.9 Å². The van der Waals surface area contributed by atoms with E-state index >= 15 is 0 Å². The van der Waals surface area contributed by atoms with Crippen molar-refractivity contribution in [1.29, 1.82) is 0 Å². The fourth-order valence-electron chi connectivity index (χ4n) is 8.17. The van der Waals surface area contributed by atoms with Gasteiger partial charge in [0.2, 0.25) is 11.8 Å². The van der Waals surface area contributed by atoms with Crippen molar-refractivity contribution in [3.8, 4) is 0 Å². The number of benzene rings is 3. The third kappa shape index (κ3) is 15.6. The SMILES string of the molecule is CNCCCCCCCC(=O)CCC(Cc1ccccc1)C(=O)NC(Cc1c[nH]c2ccccc12)C(=O)CC(Cc1c[nH]c2ccccc12)C(=O)NCC(=O)CC(CSC)OC=O. The molecule has 0 aliphatic heterocycles. The average molecular weight is 878 g/mol. The van der Waals surface area contributed by atoms with Crippen LogP contribution < -0.4 is 16.0 Å². The Labute approximate surface area is 374 Å². The Balaban J connectivity index is 1.36. The van der Waals surface area contributed by atoms with Gasteiger partial charge in [-0.25, -0.2) is 0 Å². The normalized spacial score (nSPS) is 13.2. The van der Waals surface area contributed by atoms with Crippen LogP contribution in [0, 0.1) is 11.8 Å². The van der Waals surface area contributed by atoms with E-state index < -0.39 is 29.9 Å². The number of hydrogen-bond donors (Lipinski definition) is 5. The first-order valence-corrected chi connectivity index (χ1v) is 23.6. The molecule has 4 atom stereocenters. The fourth-order valence-corrected chi connectivity index (χ4v) is 8.74. The zero-order valence-corrected chi connectivity index (χ0v) is 37.4. The molecule has 5 aromatic rings. The second kappa shape index (κ2) is 26.2. The largest absolute Gasteiger partial charge is 0.463 e. The van der Waals surface area contributed by atoms with Crippen LogP contribution in [0.3, 0.4) is 0 Å². The Bertz CT molecular complexity index is 2240. The van der Waals surface area contributed by atoms with Crippen LogP contribution in [0.2, 0.25) is 0 Å². The number of carbonyl (C=O) groups is 6. The molecule has 0 saturated carbocycles. The molecule has 5 rings (SSSR count). The highest BCUT2D eigenvalue weighted by molar-refractivity contribution is 7.98. The lowest BCUT2D eigenvalue weighted by molar-refractivity contribution is -0.136. The average Bonchev–Trinajstić information content (AvgIpc) is 3.90. The highest BCUT2D eigenvalue weighted by Gasteiger charge is 2.32. The smallest absolute Gasteiger partial charge is 0.293 e. The second-order valence-electron chi connectivity index (χ2n) is 16.4. The second-order valence-corrected chi connectivity index (χ2v) is 17.3. The Morgan fingerprint density at radius 3 is 2.00 bits per heavy atom. The van der Waals surface area contributed by atoms with Crippen LogP contribution in [-0.4, -0.2) is 89.9 Å². The maximum absolute atomic E-state index is 14.8. The van der Waals surface area contributed by atoms with Crippen LogP contribution in [0.25, 0.3) is 21.8 Å². The Hall–Kier alpha value is -5.53. The minimum Gasteiger partial charge on any atom is -0.463 e. The van der Waals surface area contributed by atoms with Crippen molar-refractivity contribution < 1.29 is 33.5 Å². The Morgan fingerprint density at radius 2 is 1.33 bits per heavy atom. The number of ketones is 3. The molecule has 0 radical (unpaired) electrons. The third-order valence-electron chi connectivity index (χ3n) is 11.6. The van der Waals surface area contributed by atoms with Gasteiger partial charge in [-0.15, -0.1) is 0 Å². The summed E-state index contributed by atoms with van der Waals surface area (Å²) in [6.45, 7) is 1.01. The number of unbranched alkanes of at least 4 members (excludes halogenated alkanes) is 4. The molecule has 5 N–H and O–H groups in total. The number of aromatic nitrogens is 2. The van der Waals surface area contributed by atoms with E-state index in [2.05, 4.69) is 25.9 Å². The van der Waals surface area contributed by atoms with Crippen LogP contribution in [0.4, 0.5) is 0 Å². The molecule has 0 saturated heterocycles. The van der Waals surface area contributed by atoms with Crippen LogP contribution in [-0.2, 0) is 52.8 Å². The van der Waals surface area contributed by atoms with Crippen molar-refractivity contribution in [2.75, 3.05) is 32.1 Å². The number of rotatable bonds is 31. The van der Waals surface area contributed by atoms with Crippen molar-refractivity contribution >= 4 is 69.2 Å². The lowest BCUT2D eigenvalue weighted by Gasteiger charge is -2.24.